The van der Waals surface area contributed by atoms with Gasteiger partial charge in [-0.05, 0) is 30.5 Å². The molecule has 0 aromatic heterocycles. The molecule has 0 radical (unpaired) electrons. The third kappa shape index (κ3) is 3.83. The molecule has 2 aromatic rings. The molecule has 0 atom stereocenters. The molecule has 2 aromatic carbocycles. The maximum Gasteiger partial charge on any atom is 0.160 e. The fourth-order valence-electron chi connectivity index (χ4n) is 2.90. The largest absolute Gasteiger partial charge is 0.382 e. The van der Waals surface area contributed by atoms with Crippen molar-refractivity contribution in [3.63, 3.8) is 0 Å². The molecule has 1 N–H and O–H groups in total. The van der Waals surface area contributed by atoms with Crippen LogP contribution in [0, 0.1) is 11.6 Å². The molecule has 0 amide bonds. The van der Waals surface area contributed by atoms with Crippen LogP contribution in [0.2, 0.25) is 0 Å². The highest BCUT2D eigenvalue weighted by atomic mass is 19.2. The number of hydrogen-bond acceptors (Lipinski definition) is 2. The van der Waals surface area contributed by atoms with Crippen LogP contribution in [-0.2, 0) is 6.54 Å². The third-order valence-electron chi connectivity index (χ3n) is 4.13. The molecule has 4 heteroatoms. The van der Waals surface area contributed by atoms with E-state index in [0.29, 0.717) is 11.7 Å². The van der Waals surface area contributed by atoms with Crippen molar-refractivity contribution in [1.82, 2.24) is 4.90 Å². The Bertz CT molecular complexity index is 608. The van der Waals surface area contributed by atoms with E-state index in [9.17, 15) is 8.78 Å². The minimum absolute atomic E-state index is 0.317. The Kier molecular flexibility index (Phi) is 4.68. The summed E-state index contributed by atoms with van der Waals surface area (Å²) in [5.41, 5.74) is 1.98. The molecule has 1 saturated heterocycles. The van der Waals surface area contributed by atoms with Crippen molar-refractivity contribution in [1.29, 1.82) is 0 Å². The Morgan fingerprint density at radius 3 is 2.36 bits per heavy atom. The van der Waals surface area contributed by atoms with Crippen molar-refractivity contribution in [3.05, 3.63) is 65.7 Å². The van der Waals surface area contributed by atoms with Crippen LogP contribution in [0.25, 0.3) is 0 Å². The van der Waals surface area contributed by atoms with Gasteiger partial charge in [0.2, 0.25) is 0 Å². The van der Waals surface area contributed by atoms with E-state index in [1.54, 1.807) is 6.07 Å². The summed E-state index contributed by atoms with van der Waals surface area (Å²) in [6, 6.07) is 14.7. The first-order valence-electron chi connectivity index (χ1n) is 7.68. The number of hydrogen-bond donors (Lipinski definition) is 1. The highest BCUT2D eigenvalue weighted by Crippen LogP contribution is 2.19. The molecule has 1 heterocycles. The smallest absolute Gasteiger partial charge is 0.160 e. The highest BCUT2D eigenvalue weighted by molar-refractivity contribution is 5.44. The number of halogens is 2. The van der Waals surface area contributed by atoms with E-state index < -0.39 is 11.6 Å². The lowest BCUT2D eigenvalue weighted by Gasteiger charge is -2.32. The number of nitrogens with one attached hydrogen (secondary N) is 1. The van der Waals surface area contributed by atoms with Gasteiger partial charge in [-0.3, -0.25) is 4.90 Å². The highest BCUT2D eigenvalue weighted by Gasteiger charge is 2.19. The first-order chi connectivity index (χ1) is 10.7. The second kappa shape index (κ2) is 6.88. The van der Waals surface area contributed by atoms with Gasteiger partial charge in [0.25, 0.3) is 0 Å². The molecule has 3 rings (SSSR count). The normalized spacial score (nSPS) is 16.6. The Hall–Kier alpha value is -1.94. The lowest BCUT2D eigenvalue weighted by atomic mass is 10.0. The van der Waals surface area contributed by atoms with Gasteiger partial charge in [0.15, 0.2) is 11.6 Å². The molecule has 0 spiro atoms. The lowest BCUT2D eigenvalue weighted by Crippen LogP contribution is -2.38. The topological polar surface area (TPSA) is 15.3 Å². The summed E-state index contributed by atoms with van der Waals surface area (Å²) in [5, 5.41) is 3.30. The van der Waals surface area contributed by atoms with Crippen molar-refractivity contribution in [3.8, 4) is 0 Å². The Morgan fingerprint density at radius 1 is 0.955 bits per heavy atom. The summed E-state index contributed by atoms with van der Waals surface area (Å²) >= 11 is 0. The second-order valence-electron chi connectivity index (χ2n) is 5.81. The van der Waals surface area contributed by atoms with Crippen molar-refractivity contribution >= 4 is 5.69 Å². The number of anilines is 1. The van der Waals surface area contributed by atoms with Crippen molar-refractivity contribution < 1.29 is 8.78 Å². The average molecular weight is 302 g/mol. The summed E-state index contributed by atoms with van der Waals surface area (Å²) < 4.78 is 26.1. The van der Waals surface area contributed by atoms with Crippen LogP contribution in [0.4, 0.5) is 14.5 Å². The Morgan fingerprint density at radius 2 is 1.68 bits per heavy atom. The van der Waals surface area contributed by atoms with Crippen molar-refractivity contribution in [2.45, 2.75) is 25.4 Å². The van der Waals surface area contributed by atoms with E-state index in [4.69, 9.17) is 0 Å². The fraction of sp³-hybridized carbons (Fsp3) is 0.333. The van der Waals surface area contributed by atoms with E-state index in [1.165, 1.54) is 17.7 Å². The van der Waals surface area contributed by atoms with Crippen molar-refractivity contribution in [2.24, 2.45) is 0 Å². The molecule has 116 valence electrons. The van der Waals surface area contributed by atoms with Gasteiger partial charge in [-0.25, -0.2) is 8.78 Å². The summed E-state index contributed by atoms with van der Waals surface area (Å²) in [6.45, 7) is 2.99. The molecule has 1 aliphatic rings. The van der Waals surface area contributed by atoms with Crippen LogP contribution in [0.3, 0.4) is 0 Å². The molecule has 0 unspecified atom stereocenters. The van der Waals surface area contributed by atoms with E-state index >= 15 is 0 Å². The summed E-state index contributed by atoms with van der Waals surface area (Å²) in [5.74, 6) is -1.60. The van der Waals surface area contributed by atoms with Gasteiger partial charge in [0.1, 0.15) is 0 Å². The minimum atomic E-state index is -0.803. The third-order valence-corrected chi connectivity index (χ3v) is 4.13. The monoisotopic (exact) mass is 302 g/mol. The summed E-state index contributed by atoms with van der Waals surface area (Å²) in [6.07, 6.45) is 2.01. The van der Waals surface area contributed by atoms with E-state index in [0.717, 1.165) is 32.5 Å². The maximum absolute atomic E-state index is 13.2. The van der Waals surface area contributed by atoms with Gasteiger partial charge in [0, 0.05) is 37.4 Å². The van der Waals surface area contributed by atoms with Crippen LogP contribution in [0.1, 0.15) is 18.4 Å². The van der Waals surface area contributed by atoms with Gasteiger partial charge in [-0.1, -0.05) is 30.3 Å². The van der Waals surface area contributed by atoms with Gasteiger partial charge in [-0.15, -0.1) is 0 Å². The number of nitrogens with zero attached hydrogens (tertiary/aromatic N) is 1. The van der Waals surface area contributed by atoms with Gasteiger partial charge >= 0.3 is 0 Å². The second-order valence-corrected chi connectivity index (χ2v) is 5.81. The zero-order valence-electron chi connectivity index (χ0n) is 12.4. The summed E-state index contributed by atoms with van der Waals surface area (Å²) in [4.78, 5) is 2.43. The van der Waals surface area contributed by atoms with Crippen LogP contribution < -0.4 is 5.32 Å². The van der Waals surface area contributed by atoms with Crippen LogP contribution in [0.5, 0.6) is 0 Å². The number of rotatable bonds is 4. The number of likely N-dealkylation sites (tertiary alicyclic amines) is 1. The van der Waals surface area contributed by atoms with E-state index in [1.807, 2.05) is 6.07 Å². The molecular weight excluding hydrogens is 282 g/mol. The van der Waals surface area contributed by atoms with E-state index in [-0.39, 0.29) is 0 Å². The molecule has 0 saturated carbocycles. The number of benzene rings is 2. The van der Waals surface area contributed by atoms with E-state index in [2.05, 4.69) is 34.5 Å². The zero-order valence-corrected chi connectivity index (χ0v) is 12.4. The molecule has 0 bridgehead atoms. The number of piperidine rings is 1. The zero-order chi connectivity index (χ0) is 15.4. The van der Waals surface area contributed by atoms with Crippen LogP contribution in [0.15, 0.2) is 48.5 Å². The Labute approximate surface area is 129 Å². The fourth-order valence-corrected chi connectivity index (χ4v) is 2.90. The van der Waals surface area contributed by atoms with Crippen LogP contribution in [-0.4, -0.2) is 24.0 Å². The average Bonchev–Trinajstić information content (AvgIpc) is 2.54. The predicted octanol–water partition coefficient (Wildman–Crippen LogP) is 4.04. The SMILES string of the molecule is Fc1ccc(NC2CCN(Cc3ccccc3)CC2)cc1F. The molecule has 1 aliphatic heterocycles. The summed E-state index contributed by atoms with van der Waals surface area (Å²) in [7, 11) is 0. The molecule has 1 fully saturated rings. The quantitative estimate of drug-likeness (QED) is 0.917. The minimum Gasteiger partial charge on any atom is -0.382 e. The van der Waals surface area contributed by atoms with Gasteiger partial charge in [-0.2, -0.15) is 0 Å². The standard InChI is InChI=1S/C18H20F2N2/c19-17-7-6-16(12-18(17)20)21-15-8-10-22(11-9-15)13-14-4-2-1-3-5-14/h1-7,12,15,21H,8-11,13H2. The lowest BCUT2D eigenvalue weighted by molar-refractivity contribution is 0.211. The predicted molar refractivity (Wildman–Crippen MR) is 84.7 cm³/mol. The molecular formula is C18H20F2N2. The van der Waals surface area contributed by atoms with Gasteiger partial charge in [0.05, 0.1) is 0 Å². The molecule has 0 aliphatic carbocycles. The van der Waals surface area contributed by atoms with Gasteiger partial charge < -0.3 is 5.32 Å². The maximum atomic E-state index is 13.2. The first kappa shape index (κ1) is 15.0. The Balaban J connectivity index is 1.50. The first-order valence-corrected chi connectivity index (χ1v) is 7.68. The van der Waals surface area contributed by atoms with Crippen LogP contribution >= 0.6 is 0 Å². The molecule has 2 nitrogen and oxygen atoms in total. The van der Waals surface area contributed by atoms with Crippen molar-refractivity contribution in [2.75, 3.05) is 18.4 Å². The molecule has 22 heavy (non-hydrogen) atoms.